The molecule has 0 bridgehead atoms. The molecule has 0 aliphatic heterocycles. The zero-order valence-electron chi connectivity index (χ0n) is 17.5. The number of benzene rings is 3. The Morgan fingerprint density at radius 3 is 2.41 bits per heavy atom. The minimum absolute atomic E-state index is 0.145. The first-order valence-corrected chi connectivity index (χ1v) is 11.2. The molecule has 1 atom stereocenters. The van der Waals surface area contributed by atoms with Crippen LogP contribution in [0.4, 0.5) is 5.69 Å². The number of nitrogens with one attached hydrogen (secondary N) is 1. The second-order valence-electron chi connectivity index (χ2n) is 6.94. The summed E-state index contributed by atoms with van der Waals surface area (Å²) in [5.41, 5.74) is 2.39. The van der Waals surface area contributed by atoms with Crippen LogP contribution < -0.4 is 10.1 Å². The highest BCUT2D eigenvalue weighted by Crippen LogP contribution is 2.34. The third-order valence-corrected chi connectivity index (χ3v) is 6.05. The van der Waals surface area contributed by atoms with Crippen molar-refractivity contribution in [2.45, 2.75) is 17.3 Å². The second kappa shape index (κ2) is 9.89. The van der Waals surface area contributed by atoms with E-state index < -0.39 is 5.25 Å². The number of anilines is 1. The number of nitrogens with zero attached hydrogens (tertiary/aromatic N) is 3. The van der Waals surface area contributed by atoms with Gasteiger partial charge in [0, 0.05) is 16.3 Å². The first-order chi connectivity index (χ1) is 15.6. The van der Waals surface area contributed by atoms with Crippen molar-refractivity contribution in [1.29, 1.82) is 0 Å². The van der Waals surface area contributed by atoms with Crippen LogP contribution in [0.15, 0.2) is 84.0 Å². The average Bonchev–Trinajstić information content (AvgIpc) is 3.24. The molecular formula is C24H21ClN4O2S. The van der Waals surface area contributed by atoms with Gasteiger partial charge in [0.25, 0.3) is 0 Å². The van der Waals surface area contributed by atoms with E-state index in [0.717, 1.165) is 11.3 Å². The van der Waals surface area contributed by atoms with Crippen molar-refractivity contribution in [1.82, 2.24) is 14.8 Å². The number of hydrogen-bond donors (Lipinski definition) is 1. The van der Waals surface area contributed by atoms with E-state index in [-0.39, 0.29) is 5.91 Å². The minimum atomic E-state index is -0.424. The predicted octanol–water partition coefficient (Wildman–Crippen LogP) is 5.72. The quantitative estimate of drug-likeness (QED) is 0.354. The highest BCUT2D eigenvalue weighted by atomic mass is 35.5. The molecule has 0 spiro atoms. The molecule has 162 valence electrons. The van der Waals surface area contributed by atoms with Crippen LogP contribution in [-0.2, 0) is 4.79 Å². The molecule has 0 saturated heterocycles. The van der Waals surface area contributed by atoms with E-state index >= 15 is 0 Å². The van der Waals surface area contributed by atoms with E-state index in [4.69, 9.17) is 16.3 Å². The van der Waals surface area contributed by atoms with E-state index in [1.807, 2.05) is 66.1 Å². The van der Waals surface area contributed by atoms with Gasteiger partial charge in [0.2, 0.25) is 5.91 Å². The molecule has 0 fully saturated rings. The maximum atomic E-state index is 12.8. The number of thioether (sulfide) groups is 1. The molecule has 1 amide bonds. The number of methoxy groups -OCH3 is 1. The molecule has 32 heavy (non-hydrogen) atoms. The van der Waals surface area contributed by atoms with Crippen LogP contribution >= 0.6 is 23.4 Å². The Labute approximate surface area is 195 Å². The largest absolute Gasteiger partial charge is 0.495 e. The molecule has 1 heterocycles. The number of carbonyl (C=O) groups is 1. The van der Waals surface area contributed by atoms with Gasteiger partial charge in [-0.15, -0.1) is 10.2 Å². The van der Waals surface area contributed by atoms with Crippen LogP contribution in [0, 0.1) is 0 Å². The highest BCUT2D eigenvalue weighted by Gasteiger charge is 2.23. The zero-order chi connectivity index (χ0) is 22.5. The molecule has 1 aromatic heterocycles. The highest BCUT2D eigenvalue weighted by molar-refractivity contribution is 8.00. The Hall–Kier alpha value is -3.29. The Morgan fingerprint density at radius 2 is 1.69 bits per heavy atom. The Balaban J connectivity index is 1.67. The third kappa shape index (κ3) is 4.79. The van der Waals surface area contributed by atoms with E-state index in [1.165, 1.54) is 11.8 Å². The van der Waals surface area contributed by atoms with E-state index in [9.17, 15) is 4.79 Å². The molecule has 8 heteroatoms. The summed E-state index contributed by atoms with van der Waals surface area (Å²) in [5.74, 6) is 1.21. The standard InChI is InChI=1S/C24H21ClN4O2S/c1-16(23(30)26-19-14-12-18(25)13-15-19)32-24-28-27-22(17-8-4-3-5-9-17)29(24)20-10-6-7-11-21(20)31-2/h3-16H,1-2H3,(H,26,30). The predicted molar refractivity (Wildman–Crippen MR) is 129 cm³/mol. The van der Waals surface area contributed by atoms with Gasteiger partial charge in [-0.25, -0.2) is 0 Å². The average molecular weight is 465 g/mol. The fourth-order valence-electron chi connectivity index (χ4n) is 3.14. The van der Waals surface area contributed by atoms with Gasteiger partial charge in [0.15, 0.2) is 11.0 Å². The summed E-state index contributed by atoms with van der Waals surface area (Å²) in [5, 5.41) is 12.5. The van der Waals surface area contributed by atoms with E-state index in [1.54, 1.807) is 31.4 Å². The lowest BCUT2D eigenvalue weighted by Crippen LogP contribution is -2.22. The van der Waals surface area contributed by atoms with Crippen molar-refractivity contribution >= 4 is 35.0 Å². The summed E-state index contributed by atoms with van der Waals surface area (Å²) in [4.78, 5) is 12.8. The summed E-state index contributed by atoms with van der Waals surface area (Å²) < 4.78 is 7.50. The molecule has 0 saturated carbocycles. The molecule has 0 aliphatic carbocycles. The van der Waals surface area contributed by atoms with E-state index in [0.29, 0.717) is 27.4 Å². The summed E-state index contributed by atoms with van der Waals surface area (Å²) in [7, 11) is 1.63. The first-order valence-electron chi connectivity index (χ1n) is 9.94. The minimum Gasteiger partial charge on any atom is -0.495 e. The molecule has 1 unspecified atom stereocenters. The van der Waals surface area contributed by atoms with Crippen molar-refractivity contribution in [3.05, 3.63) is 83.9 Å². The topological polar surface area (TPSA) is 69.0 Å². The first kappa shape index (κ1) is 21.9. The summed E-state index contributed by atoms with van der Waals surface area (Å²) >= 11 is 7.25. The third-order valence-electron chi connectivity index (χ3n) is 4.75. The van der Waals surface area contributed by atoms with E-state index in [2.05, 4.69) is 15.5 Å². The molecular weight excluding hydrogens is 444 g/mol. The Morgan fingerprint density at radius 1 is 1.00 bits per heavy atom. The fraction of sp³-hybridized carbons (Fsp3) is 0.125. The number of aromatic nitrogens is 3. The van der Waals surface area contributed by atoms with Crippen LogP contribution in [0.2, 0.25) is 5.02 Å². The maximum absolute atomic E-state index is 12.8. The Bertz CT molecular complexity index is 1210. The number of rotatable bonds is 7. The van der Waals surface area contributed by atoms with Gasteiger partial charge in [-0.3, -0.25) is 9.36 Å². The lowest BCUT2D eigenvalue weighted by molar-refractivity contribution is -0.115. The van der Waals surface area contributed by atoms with Gasteiger partial charge in [-0.1, -0.05) is 65.8 Å². The molecule has 4 aromatic rings. The number of carbonyl (C=O) groups excluding carboxylic acids is 1. The van der Waals surface area contributed by atoms with Crippen molar-refractivity contribution in [2.75, 3.05) is 12.4 Å². The molecule has 4 rings (SSSR count). The summed E-state index contributed by atoms with van der Waals surface area (Å²) in [6.45, 7) is 1.83. The summed E-state index contributed by atoms with van der Waals surface area (Å²) in [6.07, 6.45) is 0. The number of amides is 1. The number of hydrogen-bond acceptors (Lipinski definition) is 5. The van der Waals surface area contributed by atoms with Gasteiger partial charge in [-0.2, -0.15) is 0 Å². The number of ether oxygens (including phenoxy) is 1. The lowest BCUT2D eigenvalue weighted by Gasteiger charge is -2.16. The normalized spacial score (nSPS) is 11.7. The number of para-hydroxylation sites is 2. The lowest BCUT2D eigenvalue weighted by atomic mass is 10.2. The van der Waals surface area contributed by atoms with Crippen LogP contribution in [0.1, 0.15) is 6.92 Å². The SMILES string of the molecule is COc1ccccc1-n1c(SC(C)C(=O)Nc2ccc(Cl)cc2)nnc1-c1ccccc1. The van der Waals surface area contributed by atoms with Crippen LogP contribution in [0.25, 0.3) is 17.1 Å². The zero-order valence-corrected chi connectivity index (χ0v) is 19.1. The van der Waals surface area contributed by atoms with Crippen LogP contribution in [-0.4, -0.2) is 33.0 Å². The van der Waals surface area contributed by atoms with Crippen molar-refractivity contribution in [3.63, 3.8) is 0 Å². The second-order valence-corrected chi connectivity index (χ2v) is 8.68. The monoisotopic (exact) mass is 464 g/mol. The maximum Gasteiger partial charge on any atom is 0.237 e. The van der Waals surface area contributed by atoms with Gasteiger partial charge in [0.05, 0.1) is 18.0 Å². The van der Waals surface area contributed by atoms with Gasteiger partial charge in [-0.05, 0) is 43.3 Å². The molecule has 3 aromatic carbocycles. The van der Waals surface area contributed by atoms with Crippen molar-refractivity contribution in [3.8, 4) is 22.8 Å². The van der Waals surface area contributed by atoms with Gasteiger partial charge >= 0.3 is 0 Å². The molecule has 6 nitrogen and oxygen atoms in total. The number of halogens is 1. The van der Waals surface area contributed by atoms with Gasteiger partial charge in [0.1, 0.15) is 5.75 Å². The molecule has 1 N–H and O–H groups in total. The smallest absolute Gasteiger partial charge is 0.237 e. The van der Waals surface area contributed by atoms with Crippen LogP contribution in [0.5, 0.6) is 5.75 Å². The fourth-order valence-corrected chi connectivity index (χ4v) is 4.13. The van der Waals surface area contributed by atoms with Crippen LogP contribution in [0.3, 0.4) is 0 Å². The summed E-state index contributed by atoms with van der Waals surface area (Å²) in [6, 6.07) is 24.5. The van der Waals surface area contributed by atoms with Gasteiger partial charge < -0.3 is 10.1 Å². The van der Waals surface area contributed by atoms with Crippen molar-refractivity contribution in [2.24, 2.45) is 0 Å². The molecule has 0 aliphatic rings. The van der Waals surface area contributed by atoms with Crippen molar-refractivity contribution < 1.29 is 9.53 Å². The Kier molecular flexibility index (Phi) is 6.78. The molecule has 0 radical (unpaired) electrons.